The summed E-state index contributed by atoms with van der Waals surface area (Å²) in [5.74, 6) is 0.920. The molecule has 1 aliphatic carbocycles. The monoisotopic (exact) mass is 228 g/mol. The summed E-state index contributed by atoms with van der Waals surface area (Å²) in [5.41, 5.74) is 2.62. The van der Waals surface area contributed by atoms with E-state index in [1.807, 2.05) is 16.8 Å². The fourth-order valence-electron chi connectivity index (χ4n) is 2.30. The van der Waals surface area contributed by atoms with Gasteiger partial charge in [0.05, 0.1) is 6.20 Å². The predicted molar refractivity (Wildman–Crippen MR) is 68.0 cm³/mol. The summed E-state index contributed by atoms with van der Waals surface area (Å²) < 4.78 is 1.84. The van der Waals surface area contributed by atoms with Crippen molar-refractivity contribution in [2.45, 2.75) is 25.7 Å². The molecule has 0 fully saturated rings. The van der Waals surface area contributed by atoms with Gasteiger partial charge in [-0.2, -0.15) is 5.10 Å². The van der Waals surface area contributed by atoms with Crippen molar-refractivity contribution >= 4 is 11.3 Å². The zero-order valence-corrected chi connectivity index (χ0v) is 9.76. The first-order valence-electron chi connectivity index (χ1n) is 6.13. The third-order valence-electron chi connectivity index (χ3n) is 3.20. The lowest BCUT2D eigenvalue weighted by Gasteiger charge is -2.07. The van der Waals surface area contributed by atoms with E-state index in [4.69, 9.17) is 0 Å². The molecule has 1 aliphatic rings. The second kappa shape index (κ2) is 4.57. The Balaban J connectivity index is 1.66. The summed E-state index contributed by atoms with van der Waals surface area (Å²) in [5, 5.41) is 7.58. The number of allylic oxidation sites excluding steroid dienone is 1. The molecule has 0 saturated heterocycles. The molecule has 0 bridgehead atoms. The lowest BCUT2D eigenvalue weighted by molar-refractivity contribution is 0.860. The molecule has 17 heavy (non-hydrogen) atoms. The highest BCUT2D eigenvalue weighted by molar-refractivity contribution is 5.66. The van der Waals surface area contributed by atoms with Crippen LogP contribution in [0.2, 0.25) is 0 Å². The number of hydrogen-bond acceptors (Lipinski definition) is 3. The van der Waals surface area contributed by atoms with Crippen LogP contribution in [0.3, 0.4) is 0 Å². The van der Waals surface area contributed by atoms with Gasteiger partial charge in [-0.05, 0) is 31.7 Å². The smallest absolute Gasteiger partial charge is 0.152 e. The van der Waals surface area contributed by atoms with Crippen LogP contribution >= 0.6 is 0 Å². The molecule has 4 heteroatoms. The molecule has 4 nitrogen and oxygen atoms in total. The number of anilines is 1. The van der Waals surface area contributed by atoms with Gasteiger partial charge in [0.1, 0.15) is 5.52 Å². The van der Waals surface area contributed by atoms with E-state index in [0.717, 1.165) is 24.3 Å². The molecule has 2 aromatic heterocycles. The molecule has 0 aliphatic heterocycles. The fourth-order valence-corrected chi connectivity index (χ4v) is 2.30. The predicted octanol–water partition coefficient (Wildman–Crippen LogP) is 2.64. The van der Waals surface area contributed by atoms with E-state index in [1.54, 1.807) is 18.0 Å². The van der Waals surface area contributed by atoms with Crippen molar-refractivity contribution in [1.82, 2.24) is 14.6 Å². The molecule has 2 aromatic rings. The third-order valence-corrected chi connectivity index (χ3v) is 3.20. The van der Waals surface area contributed by atoms with Gasteiger partial charge in [0.15, 0.2) is 5.82 Å². The first-order chi connectivity index (χ1) is 8.43. The second-order valence-electron chi connectivity index (χ2n) is 4.37. The van der Waals surface area contributed by atoms with Crippen LogP contribution < -0.4 is 5.32 Å². The standard InChI is InChI=1S/C13H16N4/c1-2-4-11(3-1)5-7-14-13-12-6-8-16-17(12)10-9-15-13/h3,6,8-10H,1-2,4-5,7H2,(H,14,15). The Bertz CT molecular complexity index is 541. The minimum atomic E-state index is 0.920. The molecular weight excluding hydrogens is 212 g/mol. The summed E-state index contributed by atoms with van der Waals surface area (Å²) in [6, 6.07) is 1.98. The number of nitrogens with zero attached hydrogens (tertiary/aromatic N) is 3. The molecule has 0 spiro atoms. The second-order valence-corrected chi connectivity index (χ2v) is 4.37. The molecule has 1 N–H and O–H groups in total. The summed E-state index contributed by atoms with van der Waals surface area (Å²) in [4.78, 5) is 4.35. The van der Waals surface area contributed by atoms with E-state index in [9.17, 15) is 0 Å². The van der Waals surface area contributed by atoms with Gasteiger partial charge in [0.25, 0.3) is 0 Å². The Morgan fingerprint density at radius 3 is 3.24 bits per heavy atom. The van der Waals surface area contributed by atoms with E-state index >= 15 is 0 Å². The van der Waals surface area contributed by atoms with Gasteiger partial charge >= 0.3 is 0 Å². The van der Waals surface area contributed by atoms with Crippen molar-refractivity contribution in [3.63, 3.8) is 0 Å². The molecule has 88 valence electrons. The van der Waals surface area contributed by atoms with Crippen LogP contribution in [0.4, 0.5) is 5.82 Å². The highest BCUT2D eigenvalue weighted by Crippen LogP contribution is 2.20. The van der Waals surface area contributed by atoms with E-state index < -0.39 is 0 Å². The van der Waals surface area contributed by atoms with Gasteiger partial charge in [0, 0.05) is 18.9 Å². The number of aromatic nitrogens is 3. The molecule has 0 unspecified atom stereocenters. The van der Waals surface area contributed by atoms with Crippen LogP contribution in [0.25, 0.3) is 5.52 Å². The highest BCUT2D eigenvalue weighted by Gasteiger charge is 2.05. The maximum Gasteiger partial charge on any atom is 0.152 e. The van der Waals surface area contributed by atoms with E-state index in [-0.39, 0.29) is 0 Å². The van der Waals surface area contributed by atoms with Crippen LogP contribution in [0.5, 0.6) is 0 Å². The van der Waals surface area contributed by atoms with Crippen LogP contribution in [-0.4, -0.2) is 21.1 Å². The molecule has 0 aromatic carbocycles. The number of rotatable bonds is 4. The Morgan fingerprint density at radius 2 is 2.35 bits per heavy atom. The van der Waals surface area contributed by atoms with Crippen molar-refractivity contribution in [3.8, 4) is 0 Å². The lowest BCUT2D eigenvalue weighted by atomic mass is 10.2. The van der Waals surface area contributed by atoms with Crippen molar-refractivity contribution in [3.05, 3.63) is 36.3 Å². The Labute approximate surface area is 100 Å². The van der Waals surface area contributed by atoms with Gasteiger partial charge in [-0.3, -0.25) is 0 Å². The normalized spacial score (nSPS) is 15.2. The highest BCUT2D eigenvalue weighted by atomic mass is 15.2. The Kier molecular flexibility index (Phi) is 2.78. The molecule has 0 amide bonds. The summed E-state index contributed by atoms with van der Waals surface area (Å²) in [6.07, 6.45) is 12.8. The van der Waals surface area contributed by atoms with Crippen molar-refractivity contribution in [2.75, 3.05) is 11.9 Å². The van der Waals surface area contributed by atoms with Gasteiger partial charge in [-0.1, -0.05) is 11.6 Å². The quantitative estimate of drug-likeness (QED) is 0.818. The number of fused-ring (bicyclic) bond motifs is 1. The number of nitrogens with one attached hydrogen (secondary N) is 1. The van der Waals surface area contributed by atoms with E-state index in [1.165, 1.54) is 19.3 Å². The number of hydrogen-bond donors (Lipinski definition) is 1. The molecule has 3 rings (SSSR count). The first kappa shape index (κ1) is 10.3. The van der Waals surface area contributed by atoms with Crippen LogP contribution in [0.15, 0.2) is 36.3 Å². The van der Waals surface area contributed by atoms with Crippen molar-refractivity contribution in [2.24, 2.45) is 0 Å². The van der Waals surface area contributed by atoms with Crippen LogP contribution in [-0.2, 0) is 0 Å². The van der Waals surface area contributed by atoms with E-state index in [0.29, 0.717) is 0 Å². The summed E-state index contributed by atoms with van der Waals surface area (Å²) in [6.45, 7) is 0.948. The fraction of sp³-hybridized carbons (Fsp3) is 0.385. The van der Waals surface area contributed by atoms with Crippen molar-refractivity contribution in [1.29, 1.82) is 0 Å². The minimum absolute atomic E-state index is 0.920. The first-order valence-corrected chi connectivity index (χ1v) is 6.13. The van der Waals surface area contributed by atoms with Gasteiger partial charge in [-0.15, -0.1) is 0 Å². The zero-order chi connectivity index (χ0) is 11.5. The molecule has 0 saturated carbocycles. The largest absolute Gasteiger partial charge is 0.368 e. The zero-order valence-electron chi connectivity index (χ0n) is 9.76. The third kappa shape index (κ3) is 2.16. The average Bonchev–Trinajstić information content (AvgIpc) is 2.99. The SMILES string of the molecule is C1=C(CCNc2nccn3nccc23)CCC1. The van der Waals surface area contributed by atoms with Crippen molar-refractivity contribution < 1.29 is 0 Å². The van der Waals surface area contributed by atoms with Crippen LogP contribution in [0, 0.1) is 0 Å². The summed E-state index contributed by atoms with van der Waals surface area (Å²) >= 11 is 0. The molecule has 0 radical (unpaired) electrons. The molecule has 0 atom stereocenters. The van der Waals surface area contributed by atoms with Crippen LogP contribution in [0.1, 0.15) is 25.7 Å². The van der Waals surface area contributed by atoms with Gasteiger partial charge in [0.2, 0.25) is 0 Å². The average molecular weight is 228 g/mol. The maximum atomic E-state index is 4.35. The molecule has 2 heterocycles. The summed E-state index contributed by atoms with van der Waals surface area (Å²) in [7, 11) is 0. The topological polar surface area (TPSA) is 42.2 Å². The Morgan fingerprint density at radius 1 is 1.35 bits per heavy atom. The van der Waals surface area contributed by atoms with Gasteiger partial charge in [-0.25, -0.2) is 9.50 Å². The van der Waals surface area contributed by atoms with E-state index in [2.05, 4.69) is 21.5 Å². The Hall–Kier alpha value is -1.84. The minimum Gasteiger partial charge on any atom is -0.368 e. The lowest BCUT2D eigenvalue weighted by Crippen LogP contribution is -2.05. The van der Waals surface area contributed by atoms with Gasteiger partial charge < -0.3 is 5.32 Å². The maximum absolute atomic E-state index is 4.35. The molecular formula is C13H16N4.